The number of allylic oxidation sites excluding steroid dienone is 1. The summed E-state index contributed by atoms with van der Waals surface area (Å²) in [6.45, 7) is 4.13. The molecule has 110 valence electrons. The summed E-state index contributed by atoms with van der Waals surface area (Å²) in [5.41, 5.74) is 0. The summed E-state index contributed by atoms with van der Waals surface area (Å²) in [5.74, 6) is -5.56. The van der Waals surface area contributed by atoms with Crippen LogP contribution in [0.3, 0.4) is 0 Å². The monoisotopic (exact) mass is 284 g/mol. The first kappa shape index (κ1) is 15.9. The van der Waals surface area contributed by atoms with E-state index in [4.69, 9.17) is 9.47 Å². The van der Waals surface area contributed by atoms with Crippen LogP contribution in [-0.4, -0.2) is 36.4 Å². The van der Waals surface area contributed by atoms with Gasteiger partial charge < -0.3 is 14.2 Å². The molecular formula is C13H16O7. The highest BCUT2D eigenvalue weighted by Crippen LogP contribution is 2.25. The standard InChI is InChI=1S/C13H16O7/c1-7(14)11(12(17)18-4)9(15)5-8-6-10(16)20-13(2,3)19-8/h6,11H,5H2,1-4H3. The van der Waals surface area contributed by atoms with Crippen LogP contribution in [0.2, 0.25) is 0 Å². The molecule has 0 aromatic rings. The number of carbonyl (C=O) groups excluding carboxylic acids is 4. The van der Waals surface area contributed by atoms with E-state index in [-0.39, 0.29) is 12.2 Å². The Morgan fingerprint density at radius 3 is 2.35 bits per heavy atom. The van der Waals surface area contributed by atoms with Crippen molar-refractivity contribution in [3.8, 4) is 0 Å². The molecule has 0 spiro atoms. The van der Waals surface area contributed by atoms with Crippen LogP contribution in [0.1, 0.15) is 27.2 Å². The minimum Gasteiger partial charge on any atom is -0.468 e. The number of hydrogen-bond donors (Lipinski definition) is 0. The van der Waals surface area contributed by atoms with Crippen molar-refractivity contribution in [2.24, 2.45) is 5.92 Å². The van der Waals surface area contributed by atoms with Crippen LogP contribution in [0.15, 0.2) is 11.8 Å². The first-order chi connectivity index (χ1) is 9.16. The van der Waals surface area contributed by atoms with E-state index in [0.29, 0.717) is 0 Å². The molecule has 20 heavy (non-hydrogen) atoms. The van der Waals surface area contributed by atoms with E-state index in [2.05, 4.69) is 4.74 Å². The van der Waals surface area contributed by atoms with Crippen LogP contribution in [-0.2, 0) is 33.4 Å². The lowest BCUT2D eigenvalue weighted by molar-refractivity contribution is -0.205. The van der Waals surface area contributed by atoms with Gasteiger partial charge in [-0.15, -0.1) is 0 Å². The average Bonchev–Trinajstić information content (AvgIpc) is 2.24. The van der Waals surface area contributed by atoms with E-state index in [1.807, 2.05) is 0 Å². The first-order valence-corrected chi connectivity index (χ1v) is 5.90. The van der Waals surface area contributed by atoms with Gasteiger partial charge >= 0.3 is 11.9 Å². The van der Waals surface area contributed by atoms with Crippen LogP contribution >= 0.6 is 0 Å². The van der Waals surface area contributed by atoms with Crippen LogP contribution in [0.5, 0.6) is 0 Å². The van der Waals surface area contributed by atoms with Crippen LogP contribution in [0.4, 0.5) is 0 Å². The normalized spacial score (nSPS) is 18.2. The Labute approximate surface area is 115 Å². The number of rotatable bonds is 5. The van der Waals surface area contributed by atoms with Gasteiger partial charge in [-0.1, -0.05) is 0 Å². The maximum Gasteiger partial charge on any atom is 0.337 e. The van der Waals surface area contributed by atoms with Crippen molar-refractivity contribution >= 4 is 23.5 Å². The van der Waals surface area contributed by atoms with Gasteiger partial charge in [-0.25, -0.2) is 4.79 Å². The lowest BCUT2D eigenvalue weighted by Gasteiger charge is -2.30. The van der Waals surface area contributed by atoms with Crippen molar-refractivity contribution in [1.29, 1.82) is 0 Å². The van der Waals surface area contributed by atoms with Gasteiger partial charge in [-0.05, 0) is 6.92 Å². The maximum absolute atomic E-state index is 12.0. The molecule has 0 aliphatic carbocycles. The van der Waals surface area contributed by atoms with Crippen molar-refractivity contribution in [2.75, 3.05) is 7.11 Å². The predicted molar refractivity (Wildman–Crippen MR) is 65.2 cm³/mol. The fraction of sp³-hybridized carbons (Fsp3) is 0.538. The molecule has 1 aliphatic heterocycles. The summed E-state index contributed by atoms with van der Waals surface area (Å²) in [7, 11) is 1.09. The lowest BCUT2D eigenvalue weighted by Crippen LogP contribution is -2.36. The number of ether oxygens (including phenoxy) is 3. The van der Waals surface area contributed by atoms with Crippen molar-refractivity contribution in [3.05, 3.63) is 11.8 Å². The molecule has 0 N–H and O–H groups in total. The fourth-order valence-corrected chi connectivity index (χ4v) is 1.77. The quantitative estimate of drug-likeness (QED) is 0.536. The van der Waals surface area contributed by atoms with Crippen LogP contribution in [0, 0.1) is 5.92 Å². The van der Waals surface area contributed by atoms with Gasteiger partial charge in [0, 0.05) is 13.8 Å². The zero-order valence-corrected chi connectivity index (χ0v) is 11.7. The largest absolute Gasteiger partial charge is 0.468 e. The molecule has 1 rings (SSSR count). The minimum atomic E-state index is -1.51. The maximum atomic E-state index is 12.0. The second-order valence-electron chi connectivity index (χ2n) is 4.74. The van der Waals surface area contributed by atoms with Gasteiger partial charge in [0.15, 0.2) is 17.5 Å². The zero-order valence-electron chi connectivity index (χ0n) is 11.7. The van der Waals surface area contributed by atoms with E-state index in [9.17, 15) is 19.2 Å². The summed E-state index contributed by atoms with van der Waals surface area (Å²) in [6, 6.07) is 0. The number of hydrogen-bond acceptors (Lipinski definition) is 7. The Morgan fingerprint density at radius 2 is 1.90 bits per heavy atom. The first-order valence-electron chi connectivity index (χ1n) is 5.90. The summed E-state index contributed by atoms with van der Waals surface area (Å²) >= 11 is 0. The third kappa shape index (κ3) is 3.91. The molecule has 0 saturated heterocycles. The molecular weight excluding hydrogens is 268 g/mol. The molecule has 0 aromatic carbocycles. The number of carbonyl (C=O) groups is 4. The average molecular weight is 284 g/mol. The Morgan fingerprint density at radius 1 is 1.30 bits per heavy atom. The minimum absolute atomic E-state index is 0.0476. The lowest BCUT2D eigenvalue weighted by atomic mass is 9.97. The molecule has 0 amide bonds. The molecule has 0 fully saturated rings. The summed E-state index contributed by atoms with van der Waals surface area (Å²) in [6.07, 6.45) is 0.648. The summed E-state index contributed by atoms with van der Waals surface area (Å²) in [4.78, 5) is 46.1. The van der Waals surface area contributed by atoms with E-state index < -0.39 is 35.2 Å². The van der Waals surface area contributed by atoms with Gasteiger partial charge in [0.25, 0.3) is 0 Å². The van der Waals surface area contributed by atoms with Gasteiger partial charge in [-0.2, -0.15) is 0 Å². The zero-order chi connectivity index (χ0) is 15.5. The highest BCUT2D eigenvalue weighted by molar-refractivity contribution is 6.17. The molecule has 0 saturated carbocycles. The van der Waals surface area contributed by atoms with Crippen molar-refractivity contribution < 1.29 is 33.4 Å². The molecule has 7 nitrogen and oxygen atoms in total. The molecule has 0 radical (unpaired) electrons. The highest BCUT2D eigenvalue weighted by Gasteiger charge is 2.36. The fourth-order valence-electron chi connectivity index (χ4n) is 1.77. The molecule has 7 heteroatoms. The number of esters is 2. The topological polar surface area (TPSA) is 96.0 Å². The Bertz CT molecular complexity index is 487. The van der Waals surface area contributed by atoms with Crippen molar-refractivity contribution in [3.63, 3.8) is 0 Å². The smallest absolute Gasteiger partial charge is 0.337 e. The SMILES string of the molecule is COC(=O)C(C(C)=O)C(=O)CC1=CC(=O)OC(C)(C)O1. The van der Waals surface area contributed by atoms with Crippen LogP contribution in [0.25, 0.3) is 0 Å². The summed E-state index contributed by atoms with van der Waals surface area (Å²) in [5, 5.41) is 0. The molecule has 1 atom stereocenters. The molecule has 1 aliphatic rings. The molecule has 1 heterocycles. The number of cyclic esters (lactones) is 1. The van der Waals surface area contributed by atoms with Crippen molar-refractivity contribution in [1.82, 2.24) is 0 Å². The Balaban J connectivity index is 2.86. The van der Waals surface area contributed by atoms with Gasteiger partial charge in [-0.3, -0.25) is 14.4 Å². The highest BCUT2D eigenvalue weighted by atomic mass is 16.7. The second-order valence-corrected chi connectivity index (χ2v) is 4.74. The van der Waals surface area contributed by atoms with Gasteiger partial charge in [0.2, 0.25) is 5.79 Å². The number of ketones is 2. The summed E-state index contributed by atoms with van der Waals surface area (Å²) < 4.78 is 14.6. The molecule has 0 aromatic heterocycles. The van der Waals surface area contributed by atoms with E-state index in [1.54, 1.807) is 0 Å². The number of Topliss-reactive ketones (excluding diaryl/α,β-unsaturated/α-hetero) is 2. The molecule has 1 unspecified atom stereocenters. The van der Waals surface area contributed by atoms with Crippen molar-refractivity contribution in [2.45, 2.75) is 33.0 Å². The molecule has 0 bridgehead atoms. The van der Waals surface area contributed by atoms with Crippen LogP contribution < -0.4 is 0 Å². The van der Waals surface area contributed by atoms with E-state index >= 15 is 0 Å². The third-order valence-corrected chi connectivity index (χ3v) is 2.52. The Hall–Kier alpha value is -2.18. The van der Waals surface area contributed by atoms with E-state index in [0.717, 1.165) is 20.1 Å². The van der Waals surface area contributed by atoms with E-state index in [1.165, 1.54) is 13.8 Å². The Kier molecular flexibility index (Phi) is 4.65. The van der Waals surface area contributed by atoms with Gasteiger partial charge in [0.05, 0.1) is 19.6 Å². The third-order valence-electron chi connectivity index (χ3n) is 2.52. The van der Waals surface area contributed by atoms with Gasteiger partial charge in [0.1, 0.15) is 5.76 Å². The number of methoxy groups -OCH3 is 1. The second kappa shape index (κ2) is 5.85. The predicted octanol–water partition coefficient (Wildman–Crippen LogP) is 0.517.